The molecule has 2 amide bonds. The minimum absolute atomic E-state index is 0.328. The molecule has 114 valence electrons. The minimum atomic E-state index is -0.381. The van der Waals surface area contributed by atoms with Gasteiger partial charge in [0.05, 0.1) is 12.2 Å². The van der Waals surface area contributed by atoms with Gasteiger partial charge in [-0.25, -0.2) is 9.59 Å². The quantitative estimate of drug-likeness (QED) is 0.798. The Kier molecular flexibility index (Phi) is 5.55. The first-order valence-corrected chi connectivity index (χ1v) is 7.48. The minimum Gasteiger partial charge on any atom is -0.462 e. The summed E-state index contributed by atoms with van der Waals surface area (Å²) in [5.74, 6) is -0.381. The van der Waals surface area contributed by atoms with Gasteiger partial charge in [-0.1, -0.05) is 15.9 Å². The molecule has 0 aliphatic heterocycles. The number of carbonyl (C=O) groups excluding carboxylic acids is 2. The molecule has 2 aromatic rings. The topological polar surface area (TPSA) is 67.4 Å². The molecule has 0 aromatic heterocycles. The lowest BCUT2D eigenvalue weighted by molar-refractivity contribution is 0.0526. The number of amides is 2. The van der Waals surface area contributed by atoms with Gasteiger partial charge in [0.15, 0.2) is 0 Å². The van der Waals surface area contributed by atoms with Gasteiger partial charge in [-0.05, 0) is 55.5 Å². The normalized spacial score (nSPS) is 9.91. The summed E-state index contributed by atoms with van der Waals surface area (Å²) in [6, 6.07) is 13.4. The first-order chi connectivity index (χ1) is 10.6. The van der Waals surface area contributed by atoms with Crippen LogP contribution in [0.1, 0.15) is 17.3 Å². The first kappa shape index (κ1) is 16.0. The molecule has 2 N–H and O–H groups in total. The van der Waals surface area contributed by atoms with Crippen LogP contribution in [0.2, 0.25) is 0 Å². The van der Waals surface area contributed by atoms with E-state index in [4.69, 9.17) is 4.74 Å². The van der Waals surface area contributed by atoms with Gasteiger partial charge in [0, 0.05) is 15.8 Å². The number of anilines is 2. The number of hydrogen-bond acceptors (Lipinski definition) is 3. The molecule has 0 saturated carbocycles. The molecular weight excluding hydrogens is 348 g/mol. The lowest BCUT2D eigenvalue weighted by atomic mass is 10.2. The van der Waals surface area contributed by atoms with E-state index in [1.807, 2.05) is 12.1 Å². The Balaban J connectivity index is 1.94. The van der Waals surface area contributed by atoms with E-state index in [0.29, 0.717) is 23.5 Å². The van der Waals surface area contributed by atoms with E-state index in [-0.39, 0.29) is 12.0 Å². The van der Waals surface area contributed by atoms with Gasteiger partial charge < -0.3 is 15.4 Å². The Bertz CT molecular complexity index is 654. The summed E-state index contributed by atoms with van der Waals surface area (Å²) < 4.78 is 5.83. The van der Waals surface area contributed by atoms with Crippen LogP contribution in [0.4, 0.5) is 16.2 Å². The lowest BCUT2D eigenvalue weighted by Gasteiger charge is -2.08. The van der Waals surface area contributed by atoms with Crippen LogP contribution >= 0.6 is 15.9 Å². The zero-order valence-electron chi connectivity index (χ0n) is 11.9. The number of benzene rings is 2. The van der Waals surface area contributed by atoms with E-state index < -0.39 is 0 Å². The van der Waals surface area contributed by atoms with Crippen LogP contribution in [0.15, 0.2) is 53.0 Å². The summed E-state index contributed by atoms with van der Waals surface area (Å²) in [6.07, 6.45) is 0. The predicted molar refractivity (Wildman–Crippen MR) is 89.2 cm³/mol. The Morgan fingerprint density at radius 1 is 0.955 bits per heavy atom. The zero-order valence-corrected chi connectivity index (χ0v) is 13.5. The Morgan fingerprint density at radius 3 is 1.95 bits per heavy atom. The second kappa shape index (κ2) is 7.61. The second-order valence-corrected chi connectivity index (χ2v) is 5.30. The molecule has 5 nitrogen and oxygen atoms in total. The molecule has 0 heterocycles. The van der Waals surface area contributed by atoms with Crippen LogP contribution in [0.5, 0.6) is 0 Å². The van der Waals surface area contributed by atoms with Crippen LogP contribution in [-0.4, -0.2) is 18.6 Å². The number of carbonyl (C=O) groups is 2. The summed E-state index contributed by atoms with van der Waals surface area (Å²) >= 11 is 3.33. The summed E-state index contributed by atoms with van der Waals surface area (Å²) in [6.45, 7) is 2.08. The van der Waals surface area contributed by atoms with Crippen molar-refractivity contribution < 1.29 is 14.3 Å². The maximum absolute atomic E-state index is 11.9. The van der Waals surface area contributed by atoms with Crippen molar-refractivity contribution in [3.63, 3.8) is 0 Å². The molecule has 0 unspecified atom stereocenters. The number of esters is 1. The number of urea groups is 1. The third kappa shape index (κ3) is 4.60. The van der Waals surface area contributed by atoms with E-state index >= 15 is 0 Å². The monoisotopic (exact) mass is 362 g/mol. The number of rotatable bonds is 4. The molecule has 6 heteroatoms. The number of hydrogen-bond donors (Lipinski definition) is 2. The predicted octanol–water partition coefficient (Wildman–Crippen LogP) is 4.27. The third-order valence-electron chi connectivity index (χ3n) is 2.76. The van der Waals surface area contributed by atoms with Gasteiger partial charge >= 0.3 is 12.0 Å². The number of halogens is 1. The van der Waals surface area contributed by atoms with E-state index in [1.54, 1.807) is 43.3 Å². The average molecular weight is 363 g/mol. The van der Waals surface area contributed by atoms with Crippen molar-refractivity contribution in [2.24, 2.45) is 0 Å². The highest BCUT2D eigenvalue weighted by molar-refractivity contribution is 9.10. The Morgan fingerprint density at radius 2 is 1.45 bits per heavy atom. The highest BCUT2D eigenvalue weighted by Gasteiger charge is 2.07. The number of nitrogens with one attached hydrogen (secondary N) is 2. The summed E-state index contributed by atoms with van der Waals surface area (Å²) in [5.41, 5.74) is 1.72. The van der Waals surface area contributed by atoms with Crippen molar-refractivity contribution in [1.82, 2.24) is 0 Å². The van der Waals surface area contributed by atoms with Gasteiger partial charge in [-0.3, -0.25) is 0 Å². The van der Waals surface area contributed by atoms with Crippen molar-refractivity contribution in [2.45, 2.75) is 6.92 Å². The zero-order chi connectivity index (χ0) is 15.9. The van der Waals surface area contributed by atoms with Crippen molar-refractivity contribution in [3.05, 3.63) is 58.6 Å². The number of ether oxygens (including phenoxy) is 1. The first-order valence-electron chi connectivity index (χ1n) is 6.69. The Labute approximate surface area is 136 Å². The Hall–Kier alpha value is -2.34. The lowest BCUT2D eigenvalue weighted by Crippen LogP contribution is -2.19. The summed E-state index contributed by atoms with van der Waals surface area (Å²) in [5, 5.41) is 5.40. The van der Waals surface area contributed by atoms with Gasteiger partial charge in [0.1, 0.15) is 0 Å². The smallest absolute Gasteiger partial charge is 0.338 e. The largest absolute Gasteiger partial charge is 0.462 e. The highest BCUT2D eigenvalue weighted by Crippen LogP contribution is 2.15. The standard InChI is InChI=1S/C16H15BrN2O3/c1-2-22-15(20)11-3-7-13(8-4-11)18-16(21)19-14-9-5-12(17)6-10-14/h3-10H,2H2,1H3,(H2,18,19,21). The van der Waals surface area contributed by atoms with Crippen molar-refractivity contribution in [3.8, 4) is 0 Å². The molecule has 2 rings (SSSR count). The molecule has 0 aliphatic rings. The van der Waals surface area contributed by atoms with E-state index in [2.05, 4.69) is 26.6 Å². The average Bonchev–Trinajstić information content (AvgIpc) is 2.50. The summed E-state index contributed by atoms with van der Waals surface area (Å²) in [4.78, 5) is 23.4. The van der Waals surface area contributed by atoms with Crippen molar-refractivity contribution in [1.29, 1.82) is 0 Å². The van der Waals surface area contributed by atoms with Gasteiger partial charge in [0.2, 0.25) is 0 Å². The molecule has 22 heavy (non-hydrogen) atoms. The maximum Gasteiger partial charge on any atom is 0.338 e. The van der Waals surface area contributed by atoms with Crippen LogP contribution in [0.3, 0.4) is 0 Å². The van der Waals surface area contributed by atoms with Crippen molar-refractivity contribution >= 4 is 39.3 Å². The van der Waals surface area contributed by atoms with E-state index in [9.17, 15) is 9.59 Å². The van der Waals surface area contributed by atoms with Gasteiger partial charge in [-0.15, -0.1) is 0 Å². The fourth-order valence-corrected chi connectivity index (χ4v) is 2.00. The molecule has 2 aromatic carbocycles. The second-order valence-electron chi connectivity index (χ2n) is 4.38. The molecule has 0 atom stereocenters. The molecule has 0 radical (unpaired) electrons. The molecule has 0 aliphatic carbocycles. The van der Waals surface area contributed by atoms with Crippen molar-refractivity contribution in [2.75, 3.05) is 17.2 Å². The van der Waals surface area contributed by atoms with Gasteiger partial charge in [0.25, 0.3) is 0 Å². The molecule has 0 spiro atoms. The van der Waals surface area contributed by atoms with Crippen LogP contribution in [0, 0.1) is 0 Å². The van der Waals surface area contributed by atoms with Crippen LogP contribution in [-0.2, 0) is 4.74 Å². The highest BCUT2D eigenvalue weighted by atomic mass is 79.9. The third-order valence-corrected chi connectivity index (χ3v) is 3.28. The van der Waals surface area contributed by atoms with Crippen LogP contribution in [0.25, 0.3) is 0 Å². The molecule has 0 saturated heterocycles. The van der Waals surface area contributed by atoms with E-state index in [0.717, 1.165) is 4.47 Å². The van der Waals surface area contributed by atoms with E-state index in [1.165, 1.54) is 0 Å². The molecule has 0 bridgehead atoms. The van der Waals surface area contributed by atoms with Gasteiger partial charge in [-0.2, -0.15) is 0 Å². The SMILES string of the molecule is CCOC(=O)c1ccc(NC(=O)Nc2ccc(Br)cc2)cc1. The van der Waals surface area contributed by atoms with Crippen LogP contribution < -0.4 is 10.6 Å². The fraction of sp³-hybridized carbons (Fsp3) is 0.125. The molecular formula is C16H15BrN2O3. The summed E-state index contributed by atoms with van der Waals surface area (Å²) in [7, 11) is 0. The fourth-order valence-electron chi connectivity index (χ4n) is 1.73. The maximum atomic E-state index is 11.9. The molecule has 0 fully saturated rings.